The van der Waals surface area contributed by atoms with Crippen LogP contribution in [0.15, 0.2) is 22.7 Å². The van der Waals surface area contributed by atoms with E-state index in [0.717, 1.165) is 35.7 Å². The van der Waals surface area contributed by atoms with Crippen molar-refractivity contribution in [3.63, 3.8) is 0 Å². The van der Waals surface area contributed by atoms with Crippen LogP contribution in [0.4, 0.5) is 0 Å². The van der Waals surface area contributed by atoms with Crippen LogP contribution >= 0.6 is 0 Å². The molecule has 1 aliphatic rings. The van der Waals surface area contributed by atoms with E-state index in [4.69, 9.17) is 9.26 Å². The van der Waals surface area contributed by atoms with Crippen molar-refractivity contribution in [3.05, 3.63) is 46.6 Å². The topological polar surface area (TPSA) is 76.8 Å². The summed E-state index contributed by atoms with van der Waals surface area (Å²) < 4.78 is 11.0. The maximum absolute atomic E-state index is 5.54. The van der Waals surface area contributed by atoms with Gasteiger partial charge in [0.1, 0.15) is 5.75 Å². The van der Waals surface area contributed by atoms with Crippen LogP contribution in [0.25, 0.3) is 11.4 Å². The summed E-state index contributed by atoms with van der Waals surface area (Å²) in [5, 5.41) is 11.4. The van der Waals surface area contributed by atoms with Crippen LogP contribution < -0.4 is 4.74 Å². The molecule has 1 atom stereocenters. The van der Waals surface area contributed by atoms with E-state index in [-0.39, 0.29) is 5.92 Å². The zero-order valence-corrected chi connectivity index (χ0v) is 14.1. The molecular weight excluding hydrogens is 304 g/mol. The Morgan fingerprint density at radius 3 is 2.96 bits per heavy atom. The van der Waals surface area contributed by atoms with Gasteiger partial charge in [-0.05, 0) is 49.1 Å². The lowest BCUT2D eigenvalue weighted by molar-refractivity contribution is 0.357. The van der Waals surface area contributed by atoms with Crippen LogP contribution in [0.2, 0.25) is 0 Å². The molecule has 1 aromatic carbocycles. The molecule has 1 aliphatic heterocycles. The Bertz CT molecular complexity index is 862. The van der Waals surface area contributed by atoms with Crippen molar-refractivity contribution in [2.24, 2.45) is 0 Å². The van der Waals surface area contributed by atoms with E-state index < -0.39 is 0 Å². The molecule has 1 unspecified atom stereocenters. The number of aryl methyl sites for hydroxylation is 2. The summed E-state index contributed by atoms with van der Waals surface area (Å²) in [7, 11) is 0. The second-order valence-corrected chi connectivity index (χ2v) is 6.39. The summed E-state index contributed by atoms with van der Waals surface area (Å²) in [5.74, 6) is 2.51. The number of hydrogen-bond donors (Lipinski definition) is 1. The minimum absolute atomic E-state index is 0.269. The molecule has 3 aromatic rings. The normalized spacial score (nSPS) is 14.5. The van der Waals surface area contributed by atoms with Gasteiger partial charge in [0.2, 0.25) is 11.7 Å². The Kier molecular flexibility index (Phi) is 3.59. The quantitative estimate of drug-likeness (QED) is 0.796. The number of hydrogen-bond acceptors (Lipinski definition) is 5. The largest absolute Gasteiger partial charge is 0.493 e. The first-order valence-electron chi connectivity index (χ1n) is 8.22. The third-order valence-corrected chi connectivity index (χ3v) is 4.57. The highest BCUT2D eigenvalue weighted by Gasteiger charge is 2.19. The second kappa shape index (κ2) is 5.78. The molecule has 0 spiro atoms. The summed E-state index contributed by atoms with van der Waals surface area (Å²) in [4.78, 5) is 4.57. The Morgan fingerprint density at radius 2 is 2.17 bits per heavy atom. The summed E-state index contributed by atoms with van der Waals surface area (Å²) in [6.45, 7) is 6.96. The van der Waals surface area contributed by atoms with Gasteiger partial charge in [0, 0.05) is 24.1 Å². The summed E-state index contributed by atoms with van der Waals surface area (Å²) in [5.41, 5.74) is 5.52. The Labute approximate surface area is 140 Å². The predicted octanol–water partition coefficient (Wildman–Crippen LogP) is 3.36. The maximum atomic E-state index is 5.54. The van der Waals surface area contributed by atoms with Crippen molar-refractivity contribution >= 4 is 0 Å². The van der Waals surface area contributed by atoms with Crippen molar-refractivity contribution in [2.75, 3.05) is 6.61 Å². The first-order chi connectivity index (χ1) is 11.6. The number of fused-ring (bicyclic) bond motifs is 1. The second-order valence-electron chi connectivity index (χ2n) is 6.39. The summed E-state index contributed by atoms with van der Waals surface area (Å²) in [6, 6.07) is 6.05. The van der Waals surface area contributed by atoms with Gasteiger partial charge in [-0.1, -0.05) is 12.1 Å². The van der Waals surface area contributed by atoms with Crippen molar-refractivity contribution in [1.29, 1.82) is 0 Å². The van der Waals surface area contributed by atoms with Crippen LogP contribution in [-0.2, 0) is 12.8 Å². The van der Waals surface area contributed by atoms with Crippen LogP contribution in [0.1, 0.15) is 41.2 Å². The summed E-state index contributed by atoms with van der Waals surface area (Å²) in [6.07, 6.45) is 1.63. The number of nitrogens with zero attached hydrogens (tertiary/aromatic N) is 3. The zero-order chi connectivity index (χ0) is 16.7. The monoisotopic (exact) mass is 324 g/mol. The zero-order valence-electron chi connectivity index (χ0n) is 14.1. The lowest BCUT2D eigenvalue weighted by atomic mass is 9.96. The SMILES string of the molecule is Cc1n[nH]c(C)c1C(C)Cc1nc(-c2ccc3c(c2)CCO3)no1. The molecule has 4 rings (SSSR count). The van der Waals surface area contributed by atoms with Gasteiger partial charge in [-0.25, -0.2) is 0 Å². The molecule has 1 N–H and O–H groups in total. The van der Waals surface area contributed by atoms with Gasteiger partial charge in [0.15, 0.2) is 0 Å². The number of benzene rings is 1. The number of nitrogens with one attached hydrogen (secondary N) is 1. The highest BCUT2D eigenvalue weighted by molar-refractivity contribution is 5.59. The van der Waals surface area contributed by atoms with Gasteiger partial charge >= 0.3 is 0 Å². The van der Waals surface area contributed by atoms with Crippen LogP contribution in [0.3, 0.4) is 0 Å². The lowest BCUT2D eigenvalue weighted by Gasteiger charge is -2.08. The van der Waals surface area contributed by atoms with Crippen molar-refractivity contribution < 1.29 is 9.26 Å². The predicted molar refractivity (Wildman–Crippen MR) is 89.1 cm³/mol. The first kappa shape index (κ1) is 14.9. The van der Waals surface area contributed by atoms with E-state index in [9.17, 15) is 0 Å². The van der Waals surface area contributed by atoms with Crippen molar-refractivity contribution in [2.45, 2.75) is 39.5 Å². The molecule has 6 nitrogen and oxygen atoms in total. The molecular formula is C18H20N4O2. The first-order valence-corrected chi connectivity index (χ1v) is 8.22. The molecule has 0 radical (unpaired) electrons. The fraction of sp³-hybridized carbons (Fsp3) is 0.389. The Morgan fingerprint density at radius 1 is 1.29 bits per heavy atom. The van der Waals surface area contributed by atoms with E-state index in [1.54, 1.807) is 0 Å². The van der Waals surface area contributed by atoms with Gasteiger partial charge in [0.05, 0.1) is 12.3 Å². The van der Waals surface area contributed by atoms with Gasteiger partial charge < -0.3 is 9.26 Å². The van der Waals surface area contributed by atoms with E-state index in [1.807, 2.05) is 26.0 Å². The fourth-order valence-corrected chi connectivity index (χ4v) is 3.43. The van der Waals surface area contributed by atoms with Gasteiger partial charge in [-0.15, -0.1) is 0 Å². The molecule has 2 aromatic heterocycles. The molecule has 0 aliphatic carbocycles. The number of aromatic nitrogens is 4. The molecule has 6 heteroatoms. The number of aromatic amines is 1. The summed E-state index contributed by atoms with van der Waals surface area (Å²) >= 11 is 0. The third kappa shape index (κ3) is 2.58. The van der Waals surface area contributed by atoms with E-state index in [1.165, 1.54) is 11.1 Å². The highest BCUT2D eigenvalue weighted by atomic mass is 16.5. The number of ether oxygens (including phenoxy) is 1. The Hall–Kier alpha value is -2.63. The molecule has 24 heavy (non-hydrogen) atoms. The molecule has 0 bridgehead atoms. The minimum atomic E-state index is 0.269. The molecule has 0 fully saturated rings. The number of H-pyrrole nitrogens is 1. The third-order valence-electron chi connectivity index (χ3n) is 4.57. The van der Waals surface area contributed by atoms with Crippen LogP contribution in [0, 0.1) is 13.8 Å². The molecule has 0 amide bonds. The van der Waals surface area contributed by atoms with E-state index in [2.05, 4.69) is 33.3 Å². The van der Waals surface area contributed by atoms with E-state index >= 15 is 0 Å². The Balaban J connectivity index is 1.55. The smallest absolute Gasteiger partial charge is 0.227 e. The van der Waals surface area contributed by atoms with Gasteiger partial charge in [-0.3, -0.25) is 5.10 Å². The van der Waals surface area contributed by atoms with Crippen molar-refractivity contribution in [3.8, 4) is 17.1 Å². The van der Waals surface area contributed by atoms with Gasteiger partial charge in [0.25, 0.3) is 0 Å². The minimum Gasteiger partial charge on any atom is -0.493 e. The standard InChI is InChI=1S/C18H20N4O2/c1-10(17-11(2)20-21-12(17)3)8-16-19-18(22-24-16)14-4-5-15-13(9-14)6-7-23-15/h4-5,9-10H,6-8H2,1-3H3,(H,20,21). The molecule has 0 saturated carbocycles. The van der Waals surface area contributed by atoms with Crippen molar-refractivity contribution in [1.82, 2.24) is 20.3 Å². The molecule has 124 valence electrons. The average Bonchev–Trinajstić information content (AvgIpc) is 3.27. The molecule has 0 saturated heterocycles. The molecule has 3 heterocycles. The highest BCUT2D eigenvalue weighted by Crippen LogP contribution is 2.30. The van der Waals surface area contributed by atoms with Crippen LogP contribution in [-0.4, -0.2) is 26.9 Å². The maximum Gasteiger partial charge on any atom is 0.227 e. The fourth-order valence-electron chi connectivity index (χ4n) is 3.43. The average molecular weight is 324 g/mol. The van der Waals surface area contributed by atoms with E-state index in [0.29, 0.717) is 18.1 Å². The number of rotatable bonds is 4. The lowest BCUT2D eigenvalue weighted by Crippen LogP contribution is -2.01. The van der Waals surface area contributed by atoms with Crippen LogP contribution in [0.5, 0.6) is 5.75 Å². The van der Waals surface area contributed by atoms with Gasteiger partial charge in [-0.2, -0.15) is 10.1 Å².